The average Bonchev–Trinajstić information content (AvgIpc) is 3.13. The molecule has 11 heteroatoms. The molecule has 0 spiro atoms. The first-order valence-electron chi connectivity index (χ1n) is 10.9. The molecule has 2 heterocycles. The predicted molar refractivity (Wildman–Crippen MR) is 131 cm³/mol. The summed E-state index contributed by atoms with van der Waals surface area (Å²) < 4.78 is 12.0. The van der Waals surface area contributed by atoms with Gasteiger partial charge in [-0.15, -0.1) is 0 Å². The summed E-state index contributed by atoms with van der Waals surface area (Å²) in [6, 6.07) is 11.7. The van der Waals surface area contributed by atoms with Gasteiger partial charge in [-0.2, -0.15) is 0 Å². The number of hydrogen-bond acceptors (Lipinski definition) is 9. The smallest absolute Gasteiger partial charge is 0.338 e. The minimum Gasteiger partial charge on any atom is -0.463 e. The van der Waals surface area contributed by atoms with Gasteiger partial charge in [0, 0.05) is 13.0 Å². The van der Waals surface area contributed by atoms with E-state index in [1.165, 1.54) is 23.6 Å². The molecular formula is C25H21N3O7S. The average molecular weight is 508 g/mol. The molecule has 0 amide bonds. The first-order valence-corrected chi connectivity index (χ1v) is 11.7. The summed E-state index contributed by atoms with van der Waals surface area (Å²) in [7, 11) is 0. The van der Waals surface area contributed by atoms with Gasteiger partial charge < -0.3 is 9.47 Å². The number of para-hydroxylation sites is 1. The van der Waals surface area contributed by atoms with E-state index in [-0.39, 0.29) is 28.0 Å². The molecule has 0 bridgehead atoms. The third-order valence-electron chi connectivity index (χ3n) is 5.39. The topological polar surface area (TPSA) is 130 Å². The van der Waals surface area contributed by atoms with Gasteiger partial charge >= 0.3 is 11.9 Å². The molecule has 0 saturated heterocycles. The molecule has 1 aliphatic heterocycles. The molecule has 36 heavy (non-hydrogen) atoms. The van der Waals surface area contributed by atoms with Gasteiger partial charge in [0.15, 0.2) is 4.80 Å². The molecule has 3 aromatic rings. The van der Waals surface area contributed by atoms with Gasteiger partial charge in [0.25, 0.3) is 11.2 Å². The van der Waals surface area contributed by atoms with Crippen LogP contribution in [0.25, 0.3) is 6.08 Å². The Balaban J connectivity index is 1.93. The number of benzene rings is 2. The normalized spacial score (nSPS) is 15.2. The van der Waals surface area contributed by atoms with Crippen LogP contribution in [0.15, 0.2) is 69.6 Å². The van der Waals surface area contributed by atoms with Gasteiger partial charge in [0.2, 0.25) is 0 Å². The fourth-order valence-electron chi connectivity index (χ4n) is 3.91. The summed E-state index contributed by atoms with van der Waals surface area (Å²) in [4.78, 5) is 53.6. The van der Waals surface area contributed by atoms with E-state index >= 15 is 0 Å². The Labute approximate surface area is 208 Å². The second-order valence-corrected chi connectivity index (χ2v) is 8.79. The van der Waals surface area contributed by atoms with Crippen LogP contribution < -0.4 is 19.6 Å². The number of nitro benzene ring substituents is 1. The summed E-state index contributed by atoms with van der Waals surface area (Å²) in [5.41, 5.74) is 0.838. The zero-order chi connectivity index (χ0) is 26.0. The number of rotatable bonds is 6. The lowest BCUT2D eigenvalue weighted by atomic mass is 9.96. The lowest BCUT2D eigenvalue weighted by molar-refractivity contribution is -0.385. The minimum atomic E-state index is -0.861. The van der Waals surface area contributed by atoms with Crippen LogP contribution in [0.1, 0.15) is 37.9 Å². The van der Waals surface area contributed by atoms with E-state index in [0.29, 0.717) is 21.8 Å². The summed E-state index contributed by atoms with van der Waals surface area (Å²) in [6.45, 7) is 4.76. The molecule has 1 aromatic heterocycles. The second-order valence-electron chi connectivity index (χ2n) is 7.78. The van der Waals surface area contributed by atoms with Crippen molar-refractivity contribution in [1.29, 1.82) is 0 Å². The van der Waals surface area contributed by atoms with E-state index in [1.807, 2.05) is 0 Å². The molecule has 0 unspecified atom stereocenters. The third-order valence-corrected chi connectivity index (χ3v) is 6.38. The molecule has 0 N–H and O–H groups in total. The van der Waals surface area contributed by atoms with E-state index in [4.69, 9.17) is 9.47 Å². The van der Waals surface area contributed by atoms with Crippen molar-refractivity contribution in [1.82, 2.24) is 4.57 Å². The number of carbonyl (C=O) groups is 2. The van der Waals surface area contributed by atoms with Crippen LogP contribution in [-0.2, 0) is 14.3 Å². The maximum atomic E-state index is 13.6. The van der Waals surface area contributed by atoms with Crippen LogP contribution >= 0.6 is 11.3 Å². The molecule has 10 nitrogen and oxygen atoms in total. The number of ether oxygens (including phenoxy) is 2. The monoisotopic (exact) mass is 507 g/mol. The molecule has 0 aliphatic carbocycles. The fourth-order valence-corrected chi connectivity index (χ4v) is 4.95. The van der Waals surface area contributed by atoms with Crippen molar-refractivity contribution in [3.05, 3.63) is 101 Å². The Morgan fingerprint density at radius 3 is 2.53 bits per heavy atom. The summed E-state index contributed by atoms with van der Waals surface area (Å²) in [5, 5.41) is 11.4. The molecule has 1 aliphatic rings. The van der Waals surface area contributed by atoms with Gasteiger partial charge in [-0.25, -0.2) is 9.79 Å². The van der Waals surface area contributed by atoms with Crippen molar-refractivity contribution < 1.29 is 24.0 Å². The van der Waals surface area contributed by atoms with Crippen LogP contribution in [0.3, 0.4) is 0 Å². The minimum absolute atomic E-state index is 0.135. The van der Waals surface area contributed by atoms with Gasteiger partial charge in [-0.3, -0.25) is 24.3 Å². The number of hydrogen-bond donors (Lipinski definition) is 0. The van der Waals surface area contributed by atoms with Gasteiger partial charge in [-0.1, -0.05) is 35.6 Å². The number of thiazole rings is 1. The van der Waals surface area contributed by atoms with Crippen molar-refractivity contribution in [2.45, 2.75) is 26.8 Å². The largest absolute Gasteiger partial charge is 0.463 e. The standard InChI is InChI=1S/C25H21N3O7S/c1-4-34-24(31)21-14(2)26-25-27(22(21)16-9-11-18(12-10-16)35-15(3)29)23(30)20(36-25)13-17-7-5-6-8-19(17)28(32)33/h5-13,22H,4H2,1-3H3/t22-/m0/s1. The van der Waals surface area contributed by atoms with Crippen molar-refractivity contribution >= 4 is 35.0 Å². The molecule has 184 valence electrons. The Morgan fingerprint density at radius 2 is 1.89 bits per heavy atom. The maximum Gasteiger partial charge on any atom is 0.338 e. The van der Waals surface area contributed by atoms with E-state index < -0.39 is 28.5 Å². The number of fused-ring (bicyclic) bond motifs is 1. The van der Waals surface area contributed by atoms with E-state index in [0.717, 1.165) is 11.3 Å². The summed E-state index contributed by atoms with van der Waals surface area (Å²) in [5.74, 6) is -0.775. The Morgan fingerprint density at radius 1 is 1.19 bits per heavy atom. The highest BCUT2D eigenvalue weighted by Crippen LogP contribution is 2.31. The van der Waals surface area contributed by atoms with Crippen molar-refractivity contribution in [2.75, 3.05) is 6.61 Å². The van der Waals surface area contributed by atoms with Crippen LogP contribution in [0, 0.1) is 10.1 Å². The van der Waals surface area contributed by atoms with Crippen molar-refractivity contribution in [3.8, 4) is 5.75 Å². The van der Waals surface area contributed by atoms with E-state index in [2.05, 4.69) is 4.99 Å². The lowest BCUT2D eigenvalue weighted by Gasteiger charge is -2.24. The number of carbonyl (C=O) groups excluding carboxylic acids is 2. The summed E-state index contributed by atoms with van der Waals surface area (Å²) >= 11 is 1.07. The number of allylic oxidation sites excluding steroid dienone is 1. The second kappa shape index (κ2) is 10.1. The Hall–Kier alpha value is -4.38. The molecule has 0 fully saturated rings. The predicted octanol–water partition coefficient (Wildman–Crippen LogP) is 2.63. The molecule has 2 aromatic carbocycles. The Bertz CT molecular complexity index is 1580. The van der Waals surface area contributed by atoms with Gasteiger partial charge in [0.05, 0.1) is 38.9 Å². The summed E-state index contributed by atoms with van der Waals surface area (Å²) in [6.07, 6.45) is 1.45. The number of aromatic nitrogens is 1. The third kappa shape index (κ3) is 4.73. The van der Waals surface area contributed by atoms with Crippen molar-refractivity contribution in [3.63, 3.8) is 0 Å². The van der Waals surface area contributed by atoms with E-state index in [9.17, 15) is 24.5 Å². The van der Waals surface area contributed by atoms with Crippen molar-refractivity contribution in [2.24, 2.45) is 4.99 Å². The van der Waals surface area contributed by atoms with Crippen LogP contribution in [-0.4, -0.2) is 28.0 Å². The highest BCUT2D eigenvalue weighted by atomic mass is 32.1. The van der Waals surface area contributed by atoms with Gasteiger partial charge in [-0.05, 0) is 43.7 Å². The maximum absolute atomic E-state index is 13.6. The fraction of sp³-hybridized carbons (Fsp3) is 0.200. The van der Waals surface area contributed by atoms with Crippen LogP contribution in [0.2, 0.25) is 0 Å². The quantitative estimate of drug-likeness (QED) is 0.217. The molecule has 0 saturated carbocycles. The first kappa shape index (κ1) is 24.7. The zero-order valence-electron chi connectivity index (χ0n) is 19.6. The molecule has 0 radical (unpaired) electrons. The highest BCUT2D eigenvalue weighted by molar-refractivity contribution is 7.07. The number of nitrogens with zero attached hydrogens (tertiary/aromatic N) is 3. The molecule has 1 atom stereocenters. The highest BCUT2D eigenvalue weighted by Gasteiger charge is 2.33. The lowest BCUT2D eigenvalue weighted by Crippen LogP contribution is -2.39. The van der Waals surface area contributed by atoms with E-state index in [1.54, 1.807) is 56.3 Å². The van der Waals surface area contributed by atoms with Crippen LogP contribution in [0.4, 0.5) is 5.69 Å². The SMILES string of the molecule is CCOC(=O)C1=C(C)N=c2sc(=Cc3ccccc3[N+](=O)[O-])c(=O)n2[C@H]1c1ccc(OC(C)=O)cc1. The Kier molecular flexibility index (Phi) is 6.93. The molecular weight excluding hydrogens is 486 g/mol. The number of esters is 2. The van der Waals surface area contributed by atoms with Gasteiger partial charge in [0.1, 0.15) is 5.75 Å². The first-order chi connectivity index (χ1) is 17.2. The molecule has 4 rings (SSSR count). The van der Waals surface area contributed by atoms with Crippen LogP contribution in [0.5, 0.6) is 5.75 Å². The zero-order valence-corrected chi connectivity index (χ0v) is 20.4. The number of nitro groups is 1.